The van der Waals surface area contributed by atoms with Crippen molar-refractivity contribution in [2.24, 2.45) is 4.99 Å². The van der Waals surface area contributed by atoms with Gasteiger partial charge in [-0.25, -0.2) is 9.79 Å². The number of nitro groups is 1. The lowest BCUT2D eigenvalue weighted by molar-refractivity contribution is -0.384. The fourth-order valence-corrected chi connectivity index (χ4v) is 6.00. The standard InChI is InChI=1S/C32H22ClN3O6S/c1-2-41-31(38)27-28(19-7-4-3-5-8-19)34-32-35(29(27)20-11-13-22(33)14-12-20)30(37)26(43-32)18-24-15-16-25(42-24)21-9-6-10-23(17-21)36(39)40/h3-18,29H,2H2,1H3/b26-18-. The molecule has 0 bridgehead atoms. The molecule has 9 nitrogen and oxygen atoms in total. The smallest absolute Gasteiger partial charge is 0.338 e. The highest BCUT2D eigenvalue weighted by molar-refractivity contribution is 7.07. The van der Waals surface area contributed by atoms with E-state index < -0.39 is 16.9 Å². The zero-order chi connectivity index (χ0) is 30.1. The highest BCUT2D eigenvalue weighted by Gasteiger charge is 2.35. The third-order valence-corrected chi connectivity index (χ3v) is 8.04. The Bertz CT molecular complexity index is 2080. The molecule has 0 fully saturated rings. The largest absolute Gasteiger partial charge is 0.463 e. The molecule has 1 aliphatic rings. The molecular weight excluding hydrogens is 590 g/mol. The number of ether oxygens (including phenoxy) is 1. The number of carbonyl (C=O) groups is 1. The Hall–Kier alpha value is -5.06. The predicted octanol–water partition coefficient (Wildman–Crippen LogP) is 5.76. The summed E-state index contributed by atoms with van der Waals surface area (Å²) in [7, 11) is 0. The van der Waals surface area contributed by atoms with Crippen LogP contribution < -0.4 is 14.9 Å². The van der Waals surface area contributed by atoms with Gasteiger partial charge in [0, 0.05) is 34.4 Å². The summed E-state index contributed by atoms with van der Waals surface area (Å²) in [5, 5.41) is 11.7. The van der Waals surface area contributed by atoms with Gasteiger partial charge in [-0.15, -0.1) is 0 Å². The number of thiazole rings is 1. The fourth-order valence-electron chi connectivity index (χ4n) is 4.89. The van der Waals surface area contributed by atoms with Gasteiger partial charge < -0.3 is 9.15 Å². The molecule has 0 aliphatic carbocycles. The number of benzene rings is 3. The Balaban J connectivity index is 1.54. The van der Waals surface area contributed by atoms with E-state index in [1.54, 1.807) is 61.5 Å². The summed E-state index contributed by atoms with van der Waals surface area (Å²) >= 11 is 7.34. The lowest BCUT2D eigenvalue weighted by Gasteiger charge is -2.25. The Morgan fingerprint density at radius 3 is 2.53 bits per heavy atom. The number of halogens is 1. The van der Waals surface area contributed by atoms with E-state index in [1.807, 2.05) is 30.3 Å². The Labute approximate surface area is 253 Å². The van der Waals surface area contributed by atoms with Crippen molar-refractivity contribution in [3.8, 4) is 11.3 Å². The molecule has 1 aliphatic heterocycles. The summed E-state index contributed by atoms with van der Waals surface area (Å²) in [6, 6.07) is 24.9. The molecule has 0 spiro atoms. The van der Waals surface area contributed by atoms with Gasteiger partial charge in [0.25, 0.3) is 11.2 Å². The number of hydrogen-bond donors (Lipinski definition) is 0. The van der Waals surface area contributed by atoms with Crippen molar-refractivity contribution >= 4 is 46.4 Å². The Kier molecular flexibility index (Phi) is 7.62. The van der Waals surface area contributed by atoms with Gasteiger partial charge in [-0.05, 0) is 36.8 Å². The van der Waals surface area contributed by atoms with Crippen molar-refractivity contribution in [1.82, 2.24) is 4.57 Å². The molecule has 0 amide bonds. The highest BCUT2D eigenvalue weighted by atomic mass is 35.5. The maximum atomic E-state index is 14.0. The van der Waals surface area contributed by atoms with Crippen LogP contribution >= 0.6 is 22.9 Å². The molecule has 11 heteroatoms. The summed E-state index contributed by atoms with van der Waals surface area (Å²) in [5.41, 5.74) is 2.12. The van der Waals surface area contributed by atoms with E-state index in [0.29, 0.717) is 48.3 Å². The minimum atomic E-state index is -0.832. The van der Waals surface area contributed by atoms with Crippen LogP contribution in [0.15, 0.2) is 111 Å². The van der Waals surface area contributed by atoms with Gasteiger partial charge in [-0.1, -0.05) is 77.5 Å². The number of furan rings is 1. The number of aromatic nitrogens is 1. The van der Waals surface area contributed by atoms with Crippen LogP contribution in [0.5, 0.6) is 0 Å². The van der Waals surface area contributed by atoms with E-state index in [0.717, 1.165) is 11.3 Å². The van der Waals surface area contributed by atoms with E-state index >= 15 is 0 Å². The first-order valence-corrected chi connectivity index (χ1v) is 14.4. The van der Waals surface area contributed by atoms with Crippen LogP contribution in [0, 0.1) is 10.1 Å². The number of nitrogens with zero attached hydrogens (tertiary/aromatic N) is 3. The van der Waals surface area contributed by atoms with E-state index in [9.17, 15) is 19.7 Å². The topological polar surface area (TPSA) is 117 Å². The maximum absolute atomic E-state index is 14.0. The maximum Gasteiger partial charge on any atom is 0.338 e. The van der Waals surface area contributed by atoms with Gasteiger partial charge in [-0.2, -0.15) is 0 Å². The first-order chi connectivity index (χ1) is 20.8. The second kappa shape index (κ2) is 11.7. The van der Waals surface area contributed by atoms with Gasteiger partial charge in [-0.3, -0.25) is 19.5 Å². The summed E-state index contributed by atoms with van der Waals surface area (Å²) < 4.78 is 13.2. The van der Waals surface area contributed by atoms with Gasteiger partial charge in [0.2, 0.25) is 0 Å². The molecule has 0 saturated carbocycles. The number of rotatable bonds is 7. The van der Waals surface area contributed by atoms with Gasteiger partial charge >= 0.3 is 5.97 Å². The fraction of sp³-hybridized carbons (Fsp3) is 0.0938. The van der Waals surface area contributed by atoms with Crippen LogP contribution in [0.2, 0.25) is 5.02 Å². The summed E-state index contributed by atoms with van der Waals surface area (Å²) in [6.07, 6.45) is 1.60. The molecule has 6 rings (SSSR count). The number of hydrogen-bond acceptors (Lipinski definition) is 8. The molecule has 0 radical (unpaired) electrons. The highest BCUT2D eigenvalue weighted by Crippen LogP contribution is 2.35. The number of nitro benzene ring substituents is 1. The number of non-ortho nitro benzene ring substituents is 1. The minimum Gasteiger partial charge on any atom is -0.463 e. The lowest BCUT2D eigenvalue weighted by Crippen LogP contribution is -2.39. The Morgan fingerprint density at radius 2 is 1.81 bits per heavy atom. The Morgan fingerprint density at radius 1 is 1.07 bits per heavy atom. The molecule has 43 heavy (non-hydrogen) atoms. The molecule has 2 aromatic heterocycles. The van der Waals surface area contributed by atoms with Crippen molar-refractivity contribution in [3.63, 3.8) is 0 Å². The van der Waals surface area contributed by atoms with Crippen molar-refractivity contribution in [2.75, 3.05) is 6.61 Å². The molecule has 0 saturated heterocycles. The van der Waals surface area contributed by atoms with Crippen LogP contribution in [0.1, 0.15) is 29.9 Å². The molecule has 3 heterocycles. The molecular formula is C32H22ClN3O6S. The van der Waals surface area contributed by atoms with Gasteiger partial charge in [0.05, 0.1) is 33.4 Å². The number of carbonyl (C=O) groups excluding carboxylic acids is 1. The SMILES string of the molecule is CCOC(=O)C1=C(c2ccccc2)N=c2s/c(=C\c3ccc(-c4cccc([N+](=O)[O-])c4)o3)c(=O)n2C1c1ccc(Cl)cc1. The van der Waals surface area contributed by atoms with Crippen molar-refractivity contribution in [2.45, 2.75) is 13.0 Å². The van der Waals surface area contributed by atoms with Crippen LogP contribution in [-0.4, -0.2) is 22.1 Å². The average molecular weight is 612 g/mol. The number of fused-ring (bicyclic) bond motifs is 1. The molecule has 3 aromatic carbocycles. The van der Waals surface area contributed by atoms with E-state index in [2.05, 4.69) is 0 Å². The lowest BCUT2D eigenvalue weighted by atomic mass is 9.93. The first kappa shape index (κ1) is 28.1. The molecule has 1 atom stereocenters. The zero-order valence-electron chi connectivity index (χ0n) is 22.6. The van der Waals surface area contributed by atoms with Crippen molar-refractivity contribution in [1.29, 1.82) is 0 Å². The molecule has 1 unspecified atom stereocenters. The van der Waals surface area contributed by atoms with E-state index in [1.165, 1.54) is 16.7 Å². The predicted molar refractivity (Wildman–Crippen MR) is 163 cm³/mol. The summed E-state index contributed by atoms with van der Waals surface area (Å²) in [5.74, 6) is 0.215. The zero-order valence-corrected chi connectivity index (χ0v) is 24.2. The van der Waals surface area contributed by atoms with Crippen molar-refractivity contribution in [3.05, 3.63) is 148 Å². The quantitative estimate of drug-likeness (QED) is 0.131. The normalized spacial score (nSPS) is 14.7. The molecule has 214 valence electrons. The average Bonchev–Trinajstić information content (AvgIpc) is 3.61. The summed E-state index contributed by atoms with van der Waals surface area (Å²) in [4.78, 5) is 43.5. The van der Waals surface area contributed by atoms with Gasteiger partial charge in [0.15, 0.2) is 4.80 Å². The van der Waals surface area contributed by atoms with E-state index in [4.69, 9.17) is 25.7 Å². The third kappa shape index (κ3) is 5.45. The molecule has 5 aromatic rings. The second-order valence-corrected chi connectivity index (χ2v) is 10.9. The molecule has 0 N–H and O–H groups in total. The second-order valence-electron chi connectivity index (χ2n) is 9.49. The monoisotopic (exact) mass is 611 g/mol. The minimum absolute atomic E-state index is 0.0578. The third-order valence-electron chi connectivity index (χ3n) is 6.80. The number of esters is 1. The van der Waals surface area contributed by atoms with Crippen LogP contribution in [0.25, 0.3) is 23.1 Å². The first-order valence-electron chi connectivity index (χ1n) is 13.2. The van der Waals surface area contributed by atoms with Gasteiger partial charge in [0.1, 0.15) is 11.5 Å². The van der Waals surface area contributed by atoms with Crippen molar-refractivity contribution < 1.29 is 18.9 Å². The summed E-state index contributed by atoms with van der Waals surface area (Å²) in [6.45, 7) is 1.87. The van der Waals surface area contributed by atoms with Crippen LogP contribution in [0.3, 0.4) is 0 Å². The van der Waals surface area contributed by atoms with Crippen LogP contribution in [-0.2, 0) is 9.53 Å². The van der Waals surface area contributed by atoms with E-state index in [-0.39, 0.29) is 23.4 Å². The van der Waals surface area contributed by atoms with Crippen LogP contribution in [0.4, 0.5) is 5.69 Å².